The summed E-state index contributed by atoms with van der Waals surface area (Å²) in [5, 5.41) is 3.97. The Morgan fingerprint density at radius 1 is 1.21 bits per heavy atom. The van der Waals surface area contributed by atoms with Crippen molar-refractivity contribution in [2.45, 2.75) is 57.4 Å². The standard InChI is InChI=1S/C20H31ClN2O/c1-23(2)15-14-19(17-9-11-18(21)12-10-17)22-20(24)13-8-16-6-4-3-5-7-16/h9-12,16,19H,3-8,13-15H2,1-2H3,(H,22,24). The third-order valence-corrected chi connectivity index (χ3v) is 5.23. The summed E-state index contributed by atoms with van der Waals surface area (Å²) in [5.41, 5.74) is 1.13. The molecule has 1 fully saturated rings. The van der Waals surface area contributed by atoms with E-state index in [4.69, 9.17) is 11.6 Å². The lowest BCUT2D eigenvalue weighted by Crippen LogP contribution is -2.31. The largest absolute Gasteiger partial charge is 0.349 e. The van der Waals surface area contributed by atoms with Crippen LogP contribution in [0.2, 0.25) is 5.02 Å². The lowest BCUT2D eigenvalue weighted by molar-refractivity contribution is -0.122. The van der Waals surface area contributed by atoms with Crippen LogP contribution in [0.3, 0.4) is 0 Å². The van der Waals surface area contributed by atoms with Crippen molar-refractivity contribution in [3.63, 3.8) is 0 Å². The number of nitrogens with zero attached hydrogens (tertiary/aromatic N) is 1. The summed E-state index contributed by atoms with van der Waals surface area (Å²) in [5.74, 6) is 0.930. The summed E-state index contributed by atoms with van der Waals surface area (Å²) in [6.07, 6.45) is 9.23. The van der Waals surface area contributed by atoms with E-state index in [0.717, 1.165) is 35.9 Å². The van der Waals surface area contributed by atoms with Crippen molar-refractivity contribution in [2.75, 3.05) is 20.6 Å². The van der Waals surface area contributed by atoms with Gasteiger partial charge in [0.25, 0.3) is 0 Å². The topological polar surface area (TPSA) is 32.3 Å². The molecule has 0 aliphatic heterocycles. The maximum Gasteiger partial charge on any atom is 0.220 e. The van der Waals surface area contributed by atoms with E-state index in [1.54, 1.807) is 0 Å². The van der Waals surface area contributed by atoms with E-state index in [0.29, 0.717) is 6.42 Å². The molecular weight excluding hydrogens is 320 g/mol. The molecule has 0 bridgehead atoms. The van der Waals surface area contributed by atoms with Gasteiger partial charge in [-0.15, -0.1) is 0 Å². The number of halogens is 1. The van der Waals surface area contributed by atoms with Gasteiger partial charge < -0.3 is 10.2 Å². The van der Waals surface area contributed by atoms with E-state index in [1.165, 1.54) is 32.1 Å². The van der Waals surface area contributed by atoms with Crippen molar-refractivity contribution >= 4 is 17.5 Å². The molecule has 1 N–H and O–H groups in total. The first-order valence-electron chi connectivity index (χ1n) is 9.24. The van der Waals surface area contributed by atoms with Crippen molar-refractivity contribution in [1.82, 2.24) is 10.2 Å². The molecule has 1 aliphatic rings. The van der Waals surface area contributed by atoms with Crippen LogP contribution < -0.4 is 5.32 Å². The zero-order valence-electron chi connectivity index (χ0n) is 15.1. The third-order valence-electron chi connectivity index (χ3n) is 4.98. The monoisotopic (exact) mass is 350 g/mol. The molecule has 134 valence electrons. The molecule has 1 aliphatic carbocycles. The number of carbonyl (C=O) groups excluding carboxylic acids is 1. The van der Waals surface area contributed by atoms with Crippen molar-refractivity contribution < 1.29 is 4.79 Å². The quantitative estimate of drug-likeness (QED) is 0.729. The highest BCUT2D eigenvalue weighted by atomic mass is 35.5. The van der Waals surface area contributed by atoms with Gasteiger partial charge in [0.2, 0.25) is 5.91 Å². The number of hydrogen-bond donors (Lipinski definition) is 1. The van der Waals surface area contributed by atoms with Gasteiger partial charge in [-0.25, -0.2) is 0 Å². The van der Waals surface area contributed by atoms with Crippen LogP contribution in [0.5, 0.6) is 0 Å². The molecule has 1 amide bonds. The molecule has 0 spiro atoms. The smallest absolute Gasteiger partial charge is 0.220 e. The van der Waals surface area contributed by atoms with Gasteiger partial charge >= 0.3 is 0 Å². The third kappa shape index (κ3) is 6.82. The van der Waals surface area contributed by atoms with Gasteiger partial charge in [-0.05, 0) is 57.1 Å². The molecule has 0 saturated heterocycles. The molecule has 4 heteroatoms. The predicted octanol–water partition coefficient (Wildman–Crippen LogP) is 4.81. The number of rotatable bonds is 8. The second-order valence-corrected chi connectivity index (χ2v) is 7.74. The van der Waals surface area contributed by atoms with Crippen LogP contribution in [0.15, 0.2) is 24.3 Å². The fourth-order valence-corrected chi connectivity index (χ4v) is 3.61. The van der Waals surface area contributed by atoms with E-state index in [1.807, 2.05) is 24.3 Å². The summed E-state index contributed by atoms with van der Waals surface area (Å²) < 4.78 is 0. The SMILES string of the molecule is CN(C)CCC(NC(=O)CCC1CCCCC1)c1ccc(Cl)cc1. The van der Waals surface area contributed by atoms with Gasteiger partial charge in [0, 0.05) is 11.4 Å². The maximum atomic E-state index is 12.4. The molecule has 2 rings (SSSR count). The number of benzene rings is 1. The summed E-state index contributed by atoms with van der Waals surface area (Å²) in [7, 11) is 4.12. The van der Waals surface area contributed by atoms with Crippen LogP contribution in [0.1, 0.15) is 63.0 Å². The van der Waals surface area contributed by atoms with E-state index < -0.39 is 0 Å². The Hall–Kier alpha value is -1.06. The Morgan fingerprint density at radius 3 is 2.50 bits per heavy atom. The highest BCUT2D eigenvalue weighted by Gasteiger charge is 2.18. The fraction of sp³-hybridized carbons (Fsp3) is 0.650. The average Bonchev–Trinajstić information content (AvgIpc) is 2.58. The van der Waals surface area contributed by atoms with Crippen LogP contribution >= 0.6 is 11.6 Å². The lowest BCUT2D eigenvalue weighted by Gasteiger charge is -2.23. The van der Waals surface area contributed by atoms with Gasteiger partial charge in [-0.1, -0.05) is 55.8 Å². The van der Waals surface area contributed by atoms with Crippen molar-refractivity contribution in [1.29, 1.82) is 0 Å². The van der Waals surface area contributed by atoms with Crippen LogP contribution in [-0.4, -0.2) is 31.4 Å². The van der Waals surface area contributed by atoms with Gasteiger partial charge in [-0.2, -0.15) is 0 Å². The average molecular weight is 351 g/mol. The minimum absolute atomic E-state index is 0.0588. The second kappa shape index (κ2) is 10.0. The molecule has 3 nitrogen and oxygen atoms in total. The molecule has 24 heavy (non-hydrogen) atoms. The first-order chi connectivity index (χ1) is 11.5. The molecule has 0 aromatic heterocycles. The molecule has 1 aromatic carbocycles. The Morgan fingerprint density at radius 2 is 1.88 bits per heavy atom. The summed E-state index contributed by atoms with van der Waals surface area (Å²) in [6.45, 7) is 0.941. The summed E-state index contributed by atoms with van der Waals surface area (Å²) in [6, 6.07) is 7.89. The van der Waals surface area contributed by atoms with Gasteiger partial charge in [0.15, 0.2) is 0 Å². The Kier molecular flexibility index (Phi) is 8.07. The van der Waals surface area contributed by atoms with E-state index in [9.17, 15) is 4.79 Å². The van der Waals surface area contributed by atoms with Crippen LogP contribution in [-0.2, 0) is 4.79 Å². The number of carbonyl (C=O) groups is 1. The molecule has 0 heterocycles. The summed E-state index contributed by atoms with van der Waals surface area (Å²) in [4.78, 5) is 14.6. The fourth-order valence-electron chi connectivity index (χ4n) is 3.48. The number of amides is 1. The first-order valence-corrected chi connectivity index (χ1v) is 9.62. The van der Waals surface area contributed by atoms with Crippen LogP contribution in [0.25, 0.3) is 0 Å². The lowest BCUT2D eigenvalue weighted by atomic mass is 9.86. The second-order valence-electron chi connectivity index (χ2n) is 7.31. The Labute approximate surface area is 151 Å². The van der Waals surface area contributed by atoms with Crippen LogP contribution in [0.4, 0.5) is 0 Å². The van der Waals surface area contributed by atoms with Gasteiger partial charge in [0.1, 0.15) is 0 Å². The maximum absolute atomic E-state index is 12.4. The number of nitrogens with one attached hydrogen (secondary N) is 1. The molecule has 1 aromatic rings. The first kappa shape index (κ1) is 19.3. The van der Waals surface area contributed by atoms with Gasteiger partial charge in [0.05, 0.1) is 6.04 Å². The minimum Gasteiger partial charge on any atom is -0.349 e. The Bertz CT molecular complexity index is 495. The highest BCUT2D eigenvalue weighted by molar-refractivity contribution is 6.30. The highest BCUT2D eigenvalue weighted by Crippen LogP contribution is 2.27. The van der Waals surface area contributed by atoms with Gasteiger partial charge in [-0.3, -0.25) is 4.79 Å². The zero-order chi connectivity index (χ0) is 17.4. The molecular formula is C20H31ClN2O. The Balaban J connectivity index is 1.88. The van der Waals surface area contributed by atoms with E-state index in [-0.39, 0.29) is 11.9 Å². The number of hydrogen-bond acceptors (Lipinski definition) is 2. The normalized spacial score (nSPS) is 17.0. The van der Waals surface area contributed by atoms with Crippen molar-refractivity contribution in [3.05, 3.63) is 34.9 Å². The van der Waals surface area contributed by atoms with Crippen molar-refractivity contribution in [3.8, 4) is 0 Å². The molecule has 1 saturated carbocycles. The predicted molar refractivity (Wildman–Crippen MR) is 101 cm³/mol. The van der Waals surface area contributed by atoms with E-state index >= 15 is 0 Å². The van der Waals surface area contributed by atoms with Crippen LogP contribution in [0, 0.1) is 5.92 Å². The van der Waals surface area contributed by atoms with E-state index in [2.05, 4.69) is 24.3 Å². The summed E-state index contributed by atoms with van der Waals surface area (Å²) >= 11 is 5.99. The minimum atomic E-state index is 0.0588. The van der Waals surface area contributed by atoms with Crippen molar-refractivity contribution in [2.24, 2.45) is 5.92 Å². The molecule has 1 unspecified atom stereocenters. The molecule has 0 radical (unpaired) electrons. The molecule has 1 atom stereocenters. The zero-order valence-corrected chi connectivity index (χ0v) is 15.8.